The van der Waals surface area contributed by atoms with Crippen molar-refractivity contribution in [2.75, 3.05) is 14.2 Å². The van der Waals surface area contributed by atoms with Crippen molar-refractivity contribution in [2.24, 2.45) is 5.73 Å². The van der Waals surface area contributed by atoms with Gasteiger partial charge >= 0.3 is 5.97 Å². The molecule has 1 heterocycles. The molecule has 1 fully saturated rings. The number of nitrogens with zero attached hydrogens (tertiary/aromatic N) is 1. The summed E-state index contributed by atoms with van der Waals surface area (Å²) in [6.07, 6.45) is 2.89. The van der Waals surface area contributed by atoms with E-state index in [0.717, 1.165) is 46.7 Å². The van der Waals surface area contributed by atoms with Gasteiger partial charge in [0, 0.05) is 23.0 Å². The maximum absolute atomic E-state index is 12.3. The Kier molecular flexibility index (Phi) is 5.26. The minimum atomic E-state index is -0.449. The van der Waals surface area contributed by atoms with Crippen molar-refractivity contribution in [2.45, 2.75) is 45.6 Å². The second-order valence-electron chi connectivity index (χ2n) is 7.01. The van der Waals surface area contributed by atoms with Crippen LogP contribution in [0.1, 0.15) is 52.6 Å². The number of rotatable bonds is 7. The summed E-state index contributed by atoms with van der Waals surface area (Å²) < 4.78 is 12.4. The van der Waals surface area contributed by atoms with Crippen LogP contribution < -0.4 is 10.5 Å². The number of ether oxygens (including phenoxy) is 2. The van der Waals surface area contributed by atoms with Gasteiger partial charge in [0.2, 0.25) is 0 Å². The molecule has 0 radical (unpaired) electrons. The molecule has 0 bridgehead atoms. The second-order valence-corrected chi connectivity index (χ2v) is 7.01. The Morgan fingerprint density at radius 3 is 2.44 bits per heavy atom. The van der Waals surface area contributed by atoms with Crippen LogP contribution in [0.25, 0.3) is 11.1 Å². The van der Waals surface area contributed by atoms with Crippen molar-refractivity contribution >= 4 is 11.9 Å². The van der Waals surface area contributed by atoms with Crippen LogP contribution in [0.3, 0.4) is 0 Å². The minimum Gasteiger partial charge on any atom is -0.496 e. The van der Waals surface area contributed by atoms with Crippen molar-refractivity contribution < 1.29 is 19.1 Å². The van der Waals surface area contributed by atoms with E-state index >= 15 is 0 Å². The topological polar surface area (TPSA) is 83.6 Å². The lowest BCUT2D eigenvalue weighted by Gasteiger charge is -2.13. The summed E-state index contributed by atoms with van der Waals surface area (Å²) in [7, 11) is 3.02. The van der Waals surface area contributed by atoms with Crippen LogP contribution in [-0.2, 0) is 16.0 Å². The summed E-state index contributed by atoms with van der Waals surface area (Å²) in [4.78, 5) is 24.1. The molecule has 1 aliphatic rings. The SMILES string of the molecule is COC(=O)CCc1c(-c2ccc(OC)c(C)c2)c(C(N)=O)c(C)n1C1CC1. The number of benzene rings is 1. The third-order valence-corrected chi connectivity index (χ3v) is 5.19. The molecule has 1 amide bonds. The third kappa shape index (κ3) is 3.56. The number of nitrogens with two attached hydrogens (primary N) is 1. The number of carbonyl (C=O) groups is 2. The van der Waals surface area contributed by atoms with Gasteiger partial charge in [-0.15, -0.1) is 0 Å². The van der Waals surface area contributed by atoms with E-state index in [-0.39, 0.29) is 12.4 Å². The number of esters is 1. The highest BCUT2D eigenvalue weighted by Crippen LogP contribution is 2.44. The minimum absolute atomic E-state index is 0.257. The average molecular weight is 370 g/mol. The molecule has 6 nitrogen and oxygen atoms in total. The number of carbonyl (C=O) groups excluding carboxylic acids is 2. The Morgan fingerprint density at radius 2 is 1.93 bits per heavy atom. The van der Waals surface area contributed by atoms with E-state index in [1.807, 2.05) is 32.0 Å². The normalized spacial score (nSPS) is 13.5. The molecule has 1 aromatic carbocycles. The Bertz CT molecular complexity index is 894. The van der Waals surface area contributed by atoms with Gasteiger partial charge < -0.3 is 19.8 Å². The molecular formula is C21H26N2O4. The predicted octanol–water partition coefficient (Wildman–Crippen LogP) is 3.32. The largest absolute Gasteiger partial charge is 0.496 e. The van der Waals surface area contributed by atoms with Gasteiger partial charge in [0.25, 0.3) is 5.91 Å². The number of aromatic nitrogens is 1. The smallest absolute Gasteiger partial charge is 0.305 e. The van der Waals surface area contributed by atoms with Crippen LogP contribution in [0.5, 0.6) is 5.75 Å². The highest BCUT2D eigenvalue weighted by molar-refractivity contribution is 6.02. The van der Waals surface area contributed by atoms with Gasteiger partial charge in [-0.05, 0) is 56.4 Å². The first-order valence-electron chi connectivity index (χ1n) is 9.14. The summed E-state index contributed by atoms with van der Waals surface area (Å²) in [5.41, 5.74) is 10.8. The van der Waals surface area contributed by atoms with Crippen molar-refractivity contribution in [3.05, 3.63) is 40.7 Å². The zero-order valence-electron chi connectivity index (χ0n) is 16.3. The van der Waals surface area contributed by atoms with Gasteiger partial charge in [-0.1, -0.05) is 6.07 Å². The summed E-state index contributed by atoms with van der Waals surface area (Å²) in [6.45, 7) is 3.89. The highest BCUT2D eigenvalue weighted by Gasteiger charge is 2.33. The molecule has 0 atom stereocenters. The van der Waals surface area contributed by atoms with Gasteiger partial charge in [0.1, 0.15) is 5.75 Å². The van der Waals surface area contributed by atoms with Crippen LogP contribution >= 0.6 is 0 Å². The molecule has 27 heavy (non-hydrogen) atoms. The van der Waals surface area contributed by atoms with Crippen LogP contribution in [0.2, 0.25) is 0 Å². The Morgan fingerprint density at radius 1 is 1.22 bits per heavy atom. The Hall–Kier alpha value is -2.76. The molecule has 0 spiro atoms. The molecular weight excluding hydrogens is 344 g/mol. The summed E-state index contributed by atoms with van der Waals surface area (Å²) in [5, 5.41) is 0. The first-order chi connectivity index (χ1) is 12.9. The summed E-state index contributed by atoms with van der Waals surface area (Å²) >= 11 is 0. The fourth-order valence-electron chi connectivity index (χ4n) is 3.81. The number of aryl methyl sites for hydroxylation is 1. The predicted molar refractivity (Wildman–Crippen MR) is 103 cm³/mol. The zero-order valence-corrected chi connectivity index (χ0v) is 16.3. The van der Waals surface area contributed by atoms with Crippen LogP contribution in [0.4, 0.5) is 0 Å². The van der Waals surface area contributed by atoms with Crippen LogP contribution in [0, 0.1) is 13.8 Å². The zero-order chi connectivity index (χ0) is 19.7. The van der Waals surface area contributed by atoms with Gasteiger partial charge in [-0.2, -0.15) is 0 Å². The number of hydrogen-bond donors (Lipinski definition) is 1. The lowest BCUT2D eigenvalue weighted by atomic mass is 9.96. The standard InChI is InChI=1S/C21H26N2O4/c1-12-11-14(5-9-17(12)26-3)20-16(8-10-18(24)27-4)23(15-6-7-15)13(2)19(20)21(22)25/h5,9,11,15H,6-8,10H2,1-4H3,(H2,22,25). The van der Waals surface area contributed by atoms with Crippen molar-refractivity contribution in [1.82, 2.24) is 4.57 Å². The molecule has 0 saturated heterocycles. The molecule has 3 rings (SSSR count). The van der Waals surface area contributed by atoms with Crippen LogP contribution in [0.15, 0.2) is 18.2 Å². The van der Waals surface area contributed by atoms with Crippen molar-refractivity contribution in [3.8, 4) is 16.9 Å². The van der Waals surface area contributed by atoms with Crippen molar-refractivity contribution in [3.63, 3.8) is 0 Å². The number of primary amides is 1. The van der Waals surface area contributed by atoms with E-state index in [1.54, 1.807) is 7.11 Å². The van der Waals surface area contributed by atoms with Crippen LogP contribution in [-0.4, -0.2) is 30.7 Å². The van der Waals surface area contributed by atoms with Gasteiger partial charge in [-0.25, -0.2) is 0 Å². The fraction of sp³-hybridized carbons (Fsp3) is 0.429. The number of amides is 1. The molecule has 1 saturated carbocycles. The van der Waals surface area contributed by atoms with E-state index < -0.39 is 5.91 Å². The van der Waals surface area contributed by atoms with E-state index in [0.29, 0.717) is 18.0 Å². The molecule has 2 N–H and O–H groups in total. The molecule has 144 valence electrons. The molecule has 0 unspecified atom stereocenters. The Balaban J connectivity index is 2.20. The molecule has 1 aromatic heterocycles. The van der Waals surface area contributed by atoms with E-state index in [4.69, 9.17) is 15.2 Å². The highest BCUT2D eigenvalue weighted by atomic mass is 16.5. The maximum atomic E-state index is 12.3. The molecule has 1 aliphatic carbocycles. The first kappa shape index (κ1) is 19.0. The van der Waals surface area contributed by atoms with Gasteiger partial charge in [0.05, 0.1) is 26.2 Å². The van der Waals surface area contributed by atoms with E-state index in [2.05, 4.69) is 4.57 Å². The molecule has 2 aromatic rings. The quantitative estimate of drug-likeness (QED) is 0.758. The van der Waals surface area contributed by atoms with Crippen molar-refractivity contribution in [1.29, 1.82) is 0 Å². The van der Waals surface area contributed by atoms with Gasteiger partial charge in [0.15, 0.2) is 0 Å². The lowest BCUT2D eigenvalue weighted by molar-refractivity contribution is -0.140. The number of hydrogen-bond acceptors (Lipinski definition) is 4. The first-order valence-corrected chi connectivity index (χ1v) is 9.14. The molecule has 6 heteroatoms. The third-order valence-electron chi connectivity index (χ3n) is 5.19. The van der Waals surface area contributed by atoms with Gasteiger partial charge in [-0.3, -0.25) is 9.59 Å². The second kappa shape index (κ2) is 7.47. The van der Waals surface area contributed by atoms with E-state index in [1.165, 1.54) is 7.11 Å². The number of methoxy groups -OCH3 is 2. The molecule has 0 aliphatic heterocycles. The fourth-order valence-corrected chi connectivity index (χ4v) is 3.81. The Labute approximate surface area is 159 Å². The lowest BCUT2D eigenvalue weighted by Crippen LogP contribution is -2.13. The summed E-state index contributed by atoms with van der Waals surface area (Å²) in [5.74, 6) is 0.0669. The average Bonchev–Trinajstić information content (AvgIpc) is 3.42. The van der Waals surface area contributed by atoms with E-state index in [9.17, 15) is 9.59 Å². The summed E-state index contributed by atoms with van der Waals surface area (Å²) in [6, 6.07) is 6.19. The monoisotopic (exact) mass is 370 g/mol. The maximum Gasteiger partial charge on any atom is 0.305 e.